The fourth-order valence-electron chi connectivity index (χ4n) is 2.69. The Labute approximate surface area is 150 Å². The quantitative estimate of drug-likeness (QED) is 0.517. The van der Waals surface area contributed by atoms with Gasteiger partial charge in [-0.2, -0.15) is 0 Å². The third-order valence-corrected chi connectivity index (χ3v) is 3.88. The summed E-state index contributed by atoms with van der Waals surface area (Å²) in [5, 5.41) is 38.9. The number of rotatable bonds is 8. The first-order valence-electron chi connectivity index (χ1n) is 7.83. The van der Waals surface area contributed by atoms with Gasteiger partial charge in [0.1, 0.15) is 6.17 Å². The standard InChI is InChI=1S/C18H20N2O6/c1-12(19(15(21)17(23)24)13-8-4-2-5-9-13)20(16(22)18(25)26)14-10-6-3-7-11-14/h2-12,15-16,21-22H,1H3,(H,23,24)(H,25,26). The van der Waals surface area contributed by atoms with E-state index in [9.17, 15) is 30.0 Å². The molecule has 2 rings (SSSR count). The lowest BCUT2D eigenvalue weighted by molar-refractivity contribution is -0.147. The molecule has 0 saturated heterocycles. The SMILES string of the molecule is CC(N(c1ccccc1)C(O)C(=O)O)N(c1ccccc1)C(O)C(=O)O. The molecule has 2 atom stereocenters. The molecule has 0 aliphatic heterocycles. The van der Waals surface area contributed by atoms with Crippen molar-refractivity contribution in [2.75, 3.05) is 9.80 Å². The van der Waals surface area contributed by atoms with E-state index in [1.807, 2.05) is 0 Å². The van der Waals surface area contributed by atoms with Gasteiger partial charge < -0.3 is 30.2 Å². The highest BCUT2D eigenvalue weighted by atomic mass is 16.4. The Bertz CT molecular complexity index is 676. The maximum atomic E-state index is 11.4. The maximum Gasteiger partial charge on any atom is 0.354 e. The van der Waals surface area contributed by atoms with E-state index in [1.165, 1.54) is 6.92 Å². The van der Waals surface area contributed by atoms with E-state index in [0.29, 0.717) is 11.4 Å². The molecule has 2 aromatic rings. The summed E-state index contributed by atoms with van der Waals surface area (Å²) in [6.45, 7) is 1.50. The number of nitrogens with zero attached hydrogens (tertiary/aromatic N) is 2. The number of hydrogen-bond acceptors (Lipinski definition) is 6. The minimum Gasteiger partial charge on any atom is -0.478 e. The Morgan fingerprint density at radius 3 is 1.31 bits per heavy atom. The molecule has 0 spiro atoms. The van der Waals surface area contributed by atoms with E-state index in [1.54, 1.807) is 60.7 Å². The number of hydrogen-bond donors (Lipinski definition) is 4. The number of aliphatic carboxylic acids is 2. The van der Waals surface area contributed by atoms with Crippen LogP contribution >= 0.6 is 0 Å². The monoisotopic (exact) mass is 360 g/mol. The van der Waals surface area contributed by atoms with E-state index in [-0.39, 0.29) is 0 Å². The van der Waals surface area contributed by atoms with E-state index in [0.717, 1.165) is 9.80 Å². The smallest absolute Gasteiger partial charge is 0.354 e. The first-order chi connectivity index (χ1) is 12.3. The van der Waals surface area contributed by atoms with Gasteiger partial charge in [0, 0.05) is 11.4 Å². The molecule has 0 aliphatic carbocycles. The molecule has 4 N–H and O–H groups in total. The van der Waals surface area contributed by atoms with Crippen molar-refractivity contribution in [2.45, 2.75) is 25.5 Å². The molecule has 0 aliphatic rings. The Morgan fingerprint density at radius 2 is 1.04 bits per heavy atom. The second kappa shape index (κ2) is 8.32. The lowest BCUT2D eigenvalue weighted by atomic mass is 10.2. The van der Waals surface area contributed by atoms with Crippen LogP contribution in [0.15, 0.2) is 60.7 Å². The van der Waals surface area contributed by atoms with Gasteiger partial charge in [0.25, 0.3) is 0 Å². The van der Waals surface area contributed by atoms with Gasteiger partial charge in [0.2, 0.25) is 12.5 Å². The predicted molar refractivity (Wildman–Crippen MR) is 94.6 cm³/mol. The van der Waals surface area contributed by atoms with Crippen LogP contribution in [0.3, 0.4) is 0 Å². The van der Waals surface area contributed by atoms with Crippen LogP contribution in [0.5, 0.6) is 0 Å². The summed E-state index contributed by atoms with van der Waals surface area (Å²) in [5.74, 6) is -3.00. The van der Waals surface area contributed by atoms with Crippen LogP contribution in [0.1, 0.15) is 6.92 Å². The number of carboxylic acid groups (broad SMARTS) is 2. The van der Waals surface area contributed by atoms with Crippen molar-refractivity contribution in [1.82, 2.24) is 0 Å². The third-order valence-electron chi connectivity index (χ3n) is 3.88. The van der Waals surface area contributed by atoms with Crippen LogP contribution in [0, 0.1) is 0 Å². The molecular weight excluding hydrogens is 340 g/mol. The van der Waals surface area contributed by atoms with E-state index in [4.69, 9.17) is 0 Å². The number of carboxylic acids is 2. The number of benzene rings is 2. The average molecular weight is 360 g/mol. The number of para-hydroxylation sites is 2. The van der Waals surface area contributed by atoms with Gasteiger partial charge in [-0.1, -0.05) is 36.4 Å². The van der Waals surface area contributed by atoms with Gasteiger partial charge >= 0.3 is 11.9 Å². The highest BCUT2D eigenvalue weighted by Crippen LogP contribution is 2.26. The van der Waals surface area contributed by atoms with Gasteiger partial charge in [0.15, 0.2) is 0 Å². The number of aliphatic hydroxyl groups excluding tert-OH is 2. The minimum atomic E-state index is -1.94. The van der Waals surface area contributed by atoms with Crippen LogP contribution in [-0.4, -0.2) is 51.0 Å². The highest BCUT2D eigenvalue weighted by Gasteiger charge is 2.36. The molecule has 0 bridgehead atoms. The highest BCUT2D eigenvalue weighted by molar-refractivity contribution is 5.79. The summed E-state index contributed by atoms with van der Waals surface area (Å²) in [6.07, 6.45) is -4.89. The first kappa shape index (κ1) is 19.2. The van der Waals surface area contributed by atoms with Crippen LogP contribution in [0.2, 0.25) is 0 Å². The van der Waals surface area contributed by atoms with Crippen molar-refractivity contribution < 1.29 is 30.0 Å². The average Bonchev–Trinajstić information content (AvgIpc) is 2.63. The molecule has 8 heteroatoms. The van der Waals surface area contributed by atoms with E-state index in [2.05, 4.69) is 0 Å². The molecule has 0 fully saturated rings. The van der Waals surface area contributed by atoms with Crippen molar-refractivity contribution in [2.24, 2.45) is 0 Å². The number of anilines is 2. The lowest BCUT2D eigenvalue weighted by Gasteiger charge is -2.42. The molecule has 0 radical (unpaired) electrons. The third kappa shape index (κ3) is 4.11. The molecule has 0 amide bonds. The van der Waals surface area contributed by atoms with Gasteiger partial charge in [-0.05, 0) is 31.2 Å². The van der Waals surface area contributed by atoms with Gasteiger partial charge in [0.05, 0.1) is 0 Å². The molecule has 0 heterocycles. The molecule has 2 unspecified atom stereocenters. The summed E-state index contributed by atoms with van der Waals surface area (Å²) in [6, 6.07) is 16.4. The lowest BCUT2D eigenvalue weighted by Crippen LogP contribution is -2.58. The Kier molecular flexibility index (Phi) is 6.16. The molecular formula is C18H20N2O6. The summed E-state index contributed by atoms with van der Waals surface area (Å²) < 4.78 is 0. The predicted octanol–water partition coefficient (Wildman–Crippen LogP) is 1.15. The van der Waals surface area contributed by atoms with Gasteiger partial charge in [-0.25, -0.2) is 9.59 Å². The van der Waals surface area contributed by atoms with Crippen molar-refractivity contribution in [3.63, 3.8) is 0 Å². The first-order valence-corrected chi connectivity index (χ1v) is 7.83. The minimum absolute atomic E-state index is 0.355. The zero-order valence-electron chi connectivity index (χ0n) is 14.0. The summed E-state index contributed by atoms with van der Waals surface area (Å²) >= 11 is 0. The topological polar surface area (TPSA) is 122 Å². The summed E-state index contributed by atoms with van der Waals surface area (Å²) in [5.41, 5.74) is 0.710. The molecule has 0 aromatic heterocycles. The zero-order chi connectivity index (χ0) is 19.3. The maximum absolute atomic E-state index is 11.4. The largest absolute Gasteiger partial charge is 0.478 e. The van der Waals surface area contributed by atoms with Crippen molar-refractivity contribution >= 4 is 23.3 Å². The van der Waals surface area contributed by atoms with Gasteiger partial charge in [-0.15, -0.1) is 0 Å². The van der Waals surface area contributed by atoms with Crippen LogP contribution in [0.25, 0.3) is 0 Å². The van der Waals surface area contributed by atoms with E-state index < -0.39 is 30.6 Å². The summed E-state index contributed by atoms with van der Waals surface area (Å²) in [7, 11) is 0. The van der Waals surface area contributed by atoms with Crippen LogP contribution in [0.4, 0.5) is 11.4 Å². The molecule has 0 saturated carbocycles. The molecule has 2 aromatic carbocycles. The van der Waals surface area contributed by atoms with Crippen molar-refractivity contribution in [3.8, 4) is 0 Å². The molecule has 8 nitrogen and oxygen atoms in total. The van der Waals surface area contributed by atoms with Crippen molar-refractivity contribution in [1.29, 1.82) is 0 Å². The van der Waals surface area contributed by atoms with Crippen LogP contribution in [-0.2, 0) is 9.59 Å². The molecule has 26 heavy (non-hydrogen) atoms. The molecule has 138 valence electrons. The second-order valence-electron chi connectivity index (χ2n) is 5.54. The fraction of sp³-hybridized carbons (Fsp3) is 0.222. The van der Waals surface area contributed by atoms with E-state index >= 15 is 0 Å². The fourth-order valence-corrected chi connectivity index (χ4v) is 2.69. The number of aliphatic hydroxyl groups is 2. The normalized spacial score (nSPS) is 14.1. The zero-order valence-corrected chi connectivity index (χ0v) is 14.0. The van der Waals surface area contributed by atoms with Gasteiger partial charge in [-0.3, -0.25) is 0 Å². The van der Waals surface area contributed by atoms with Crippen molar-refractivity contribution in [3.05, 3.63) is 60.7 Å². The summed E-state index contributed by atoms with van der Waals surface area (Å²) in [4.78, 5) is 25.0. The Balaban J connectivity index is 2.53. The Hall–Kier alpha value is -3.10. The Morgan fingerprint density at radius 1 is 0.731 bits per heavy atom. The number of carbonyl (C=O) groups is 2. The van der Waals surface area contributed by atoms with Crippen LogP contribution < -0.4 is 9.80 Å². The second-order valence-corrected chi connectivity index (χ2v) is 5.54.